The number of carbonyl (C=O) groups is 1. The zero-order valence-corrected chi connectivity index (χ0v) is 16.2. The molecule has 2 aliphatic rings. The molecule has 6 heteroatoms. The fourth-order valence-corrected chi connectivity index (χ4v) is 3.76. The first-order valence-corrected chi connectivity index (χ1v) is 9.95. The number of carbonyl (C=O) groups excluding carboxylic acids is 1. The molecule has 0 aliphatic carbocycles. The lowest BCUT2D eigenvalue weighted by atomic mass is 9.96. The molecule has 3 heterocycles. The van der Waals surface area contributed by atoms with Gasteiger partial charge in [0.25, 0.3) is 5.88 Å². The number of fused-ring (bicyclic) bond motifs is 1. The first kappa shape index (κ1) is 18.7. The van der Waals surface area contributed by atoms with Gasteiger partial charge in [-0.1, -0.05) is 24.3 Å². The van der Waals surface area contributed by atoms with E-state index in [9.17, 15) is 4.79 Å². The second-order valence-corrected chi connectivity index (χ2v) is 7.27. The molecule has 6 nitrogen and oxygen atoms in total. The summed E-state index contributed by atoms with van der Waals surface area (Å²) in [6.07, 6.45) is 3.31. The Morgan fingerprint density at radius 3 is 2.75 bits per heavy atom. The molecule has 0 unspecified atom stereocenters. The van der Waals surface area contributed by atoms with Crippen molar-refractivity contribution >= 4 is 5.97 Å². The minimum absolute atomic E-state index is 0.0442. The van der Waals surface area contributed by atoms with Gasteiger partial charge in [0, 0.05) is 12.7 Å². The number of hydrogen-bond donors (Lipinski definition) is 0. The van der Waals surface area contributed by atoms with Gasteiger partial charge in [0.1, 0.15) is 6.61 Å². The molecule has 28 heavy (non-hydrogen) atoms. The quantitative estimate of drug-likeness (QED) is 0.739. The summed E-state index contributed by atoms with van der Waals surface area (Å²) in [5.41, 5.74) is 2.34. The molecule has 1 saturated heterocycles. The van der Waals surface area contributed by atoms with Crippen molar-refractivity contribution in [3.05, 3.63) is 53.7 Å². The standard InChI is InChI=1S/C22H26N2O4/c1-2-26-22(25)18-9-12-24(13-10-18)14-16-5-7-17(8-6-16)20-15-27-19-4-3-11-23-21(19)28-20/h3-8,11,18,20H,2,9-10,12-15H2,1H3/t20-/m1/s1. The molecule has 0 saturated carbocycles. The summed E-state index contributed by atoms with van der Waals surface area (Å²) >= 11 is 0. The molecular weight excluding hydrogens is 356 g/mol. The van der Waals surface area contributed by atoms with E-state index in [-0.39, 0.29) is 18.0 Å². The fraction of sp³-hybridized carbons (Fsp3) is 0.455. The number of ether oxygens (including phenoxy) is 3. The van der Waals surface area contributed by atoms with E-state index >= 15 is 0 Å². The average molecular weight is 382 g/mol. The summed E-state index contributed by atoms with van der Waals surface area (Å²) in [5, 5.41) is 0. The third-order valence-corrected chi connectivity index (χ3v) is 5.35. The van der Waals surface area contributed by atoms with Crippen LogP contribution in [0, 0.1) is 5.92 Å². The van der Waals surface area contributed by atoms with Crippen molar-refractivity contribution in [2.24, 2.45) is 5.92 Å². The highest BCUT2D eigenvalue weighted by Gasteiger charge is 2.26. The van der Waals surface area contributed by atoms with Gasteiger partial charge in [0.15, 0.2) is 11.9 Å². The van der Waals surface area contributed by atoms with Crippen LogP contribution in [0.3, 0.4) is 0 Å². The Balaban J connectivity index is 1.30. The minimum atomic E-state index is -0.142. The van der Waals surface area contributed by atoms with E-state index in [1.165, 1.54) is 5.56 Å². The predicted molar refractivity (Wildman–Crippen MR) is 104 cm³/mol. The molecule has 1 atom stereocenters. The van der Waals surface area contributed by atoms with Gasteiger partial charge in [-0.05, 0) is 56.1 Å². The summed E-state index contributed by atoms with van der Waals surface area (Å²) in [7, 11) is 0. The first-order chi connectivity index (χ1) is 13.7. The third-order valence-electron chi connectivity index (χ3n) is 5.35. The smallest absolute Gasteiger partial charge is 0.309 e. The highest BCUT2D eigenvalue weighted by molar-refractivity contribution is 5.72. The van der Waals surface area contributed by atoms with Crippen molar-refractivity contribution in [1.29, 1.82) is 0 Å². The summed E-state index contributed by atoms with van der Waals surface area (Å²) in [5.74, 6) is 1.25. The molecule has 1 fully saturated rings. The zero-order valence-electron chi connectivity index (χ0n) is 16.2. The molecule has 0 N–H and O–H groups in total. The van der Waals surface area contributed by atoms with Crippen molar-refractivity contribution in [2.75, 3.05) is 26.3 Å². The molecule has 0 radical (unpaired) electrons. The van der Waals surface area contributed by atoms with Gasteiger partial charge >= 0.3 is 5.97 Å². The highest BCUT2D eigenvalue weighted by Crippen LogP contribution is 2.34. The highest BCUT2D eigenvalue weighted by atomic mass is 16.6. The molecule has 4 rings (SSSR count). The normalized spacial score (nSPS) is 20.0. The Morgan fingerprint density at radius 1 is 1.21 bits per heavy atom. The lowest BCUT2D eigenvalue weighted by Crippen LogP contribution is -2.36. The molecule has 2 aromatic rings. The van der Waals surface area contributed by atoms with Gasteiger partial charge in [-0.15, -0.1) is 0 Å². The van der Waals surface area contributed by atoms with E-state index in [2.05, 4.69) is 34.1 Å². The van der Waals surface area contributed by atoms with E-state index in [0.29, 0.717) is 24.8 Å². The number of esters is 1. The largest absolute Gasteiger partial charge is 0.484 e. The summed E-state index contributed by atoms with van der Waals surface area (Å²) < 4.78 is 16.9. The molecular formula is C22H26N2O4. The van der Waals surface area contributed by atoms with Crippen LogP contribution < -0.4 is 9.47 Å². The van der Waals surface area contributed by atoms with E-state index in [1.807, 2.05) is 19.1 Å². The van der Waals surface area contributed by atoms with Crippen LogP contribution in [0.15, 0.2) is 42.6 Å². The van der Waals surface area contributed by atoms with Gasteiger partial charge in [-0.2, -0.15) is 0 Å². The van der Waals surface area contributed by atoms with Crippen LogP contribution >= 0.6 is 0 Å². The average Bonchev–Trinajstić information content (AvgIpc) is 2.75. The van der Waals surface area contributed by atoms with Gasteiger partial charge in [-0.3, -0.25) is 9.69 Å². The van der Waals surface area contributed by atoms with E-state index in [0.717, 1.165) is 38.0 Å². The number of rotatable bonds is 5. The van der Waals surface area contributed by atoms with Crippen molar-refractivity contribution in [1.82, 2.24) is 9.88 Å². The molecule has 1 aromatic heterocycles. The van der Waals surface area contributed by atoms with Crippen LogP contribution in [-0.2, 0) is 16.1 Å². The van der Waals surface area contributed by atoms with Crippen LogP contribution in [0.25, 0.3) is 0 Å². The molecule has 0 amide bonds. The number of nitrogens with zero attached hydrogens (tertiary/aromatic N) is 2. The Labute approximate surface area is 165 Å². The predicted octanol–water partition coefficient (Wildman–Crippen LogP) is 3.37. The summed E-state index contributed by atoms with van der Waals surface area (Å²) in [6, 6.07) is 12.2. The number of pyridine rings is 1. The minimum Gasteiger partial charge on any atom is -0.484 e. The Kier molecular flexibility index (Phi) is 5.76. The summed E-state index contributed by atoms with van der Waals surface area (Å²) in [6.45, 7) is 5.54. The molecule has 0 spiro atoms. The monoisotopic (exact) mass is 382 g/mol. The maximum atomic E-state index is 11.9. The maximum Gasteiger partial charge on any atom is 0.309 e. The van der Waals surface area contributed by atoms with Crippen LogP contribution in [0.1, 0.15) is 37.0 Å². The van der Waals surface area contributed by atoms with Crippen LogP contribution in [-0.4, -0.2) is 42.2 Å². The second kappa shape index (κ2) is 8.61. The second-order valence-electron chi connectivity index (χ2n) is 7.27. The van der Waals surface area contributed by atoms with E-state index in [4.69, 9.17) is 14.2 Å². The number of hydrogen-bond acceptors (Lipinski definition) is 6. The van der Waals surface area contributed by atoms with Gasteiger partial charge in [0.2, 0.25) is 0 Å². The molecule has 1 aromatic carbocycles. The van der Waals surface area contributed by atoms with Crippen molar-refractivity contribution < 1.29 is 19.0 Å². The topological polar surface area (TPSA) is 60.9 Å². The van der Waals surface area contributed by atoms with Crippen LogP contribution in [0.5, 0.6) is 11.6 Å². The number of piperidine rings is 1. The van der Waals surface area contributed by atoms with Crippen molar-refractivity contribution in [3.8, 4) is 11.6 Å². The molecule has 2 aliphatic heterocycles. The molecule has 0 bridgehead atoms. The number of aromatic nitrogens is 1. The number of likely N-dealkylation sites (tertiary alicyclic amines) is 1. The number of benzene rings is 1. The van der Waals surface area contributed by atoms with Gasteiger partial charge in [0.05, 0.1) is 12.5 Å². The van der Waals surface area contributed by atoms with Crippen molar-refractivity contribution in [3.63, 3.8) is 0 Å². The van der Waals surface area contributed by atoms with Crippen LogP contribution in [0.4, 0.5) is 0 Å². The van der Waals surface area contributed by atoms with Gasteiger partial charge in [-0.25, -0.2) is 4.98 Å². The molecule has 148 valence electrons. The Hall–Kier alpha value is -2.60. The van der Waals surface area contributed by atoms with Crippen LogP contribution in [0.2, 0.25) is 0 Å². The Bertz CT molecular complexity index is 800. The first-order valence-electron chi connectivity index (χ1n) is 9.95. The van der Waals surface area contributed by atoms with E-state index in [1.54, 1.807) is 6.20 Å². The lowest BCUT2D eigenvalue weighted by molar-refractivity contribution is -0.149. The Morgan fingerprint density at radius 2 is 2.00 bits per heavy atom. The zero-order chi connectivity index (χ0) is 19.3. The third kappa shape index (κ3) is 4.28. The maximum absolute atomic E-state index is 11.9. The fourth-order valence-electron chi connectivity index (χ4n) is 3.76. The van der Waals surface area contributed by atoms with E-state index < -0.39 is 0 Å². The van der Waals surface area contributed by atoms with Crippen molar-refractivity contribution in [2.45, 2.75) is 32.4 Å². The van der Waals surface area contributed by atoms with Gasteiger partial charge < -0.3 is 14.2 Å². The summed E-state index contributed by atoms with van der Waals surface area (Å²) in [4.78, 5) is 18.5. The lowest BCUT2D eigenvalue weighted by Gasteiger charge is -2.31. The SMILES string of the molecule is CCOC(=O)C1CCN(Cc2ccc([C@H]3COc4cccnc4O3)cc2)CC1.